The maximum atomic E-state index is 11.6. The van der Waals surface area contributed by atoms with Crippen LogP contribution in [0.25, 0.3) is 0 Å². The summed E-state index contributed by atoms with van der Waals surface area (Å²) in [5, 5.41) is 3.20. The summed E-state index contributed by atoms with van der Waals surface area (Å²) in [6, 6.07) is 0. The maximum absolute atomic E-state index is 11.6. The third-order valence-electron chi connectivity index (χ3n) is 2.31. The number of sulfonamides is 1. The lowest BCUT2D eigenvalue weighted by molar-refractivity contribution is 0.0981. The molecule has 16 heavy (non-hydrogen) atoms. The van der Waals surface area contributed by atoms with E-state index < -0.39 is 21.2 Å². The highest BCUT2D eigenvalue weighted by molar-refractivity contribution is 7.90. The smallest absolute Gasteiger partial charge is 0.267 e. The van der Waals surface area contributed by atoms with Gasteiger partial charge in [-0.25, -0.2) is 13.1 Å². The zero-order chi connectivity index (χ0) is 12.3. The molecule has 1 rings (SSSR count). The molecule has 0 aliphatic carbocycles. The fourth-order valence-electron chi connectivity index (χ4n) is 1.05. The molecular weight excluding hydrogens is 230 g/mol. The van der Waals surface area contributed by atoms with Gasteiger partial charge in [-0.1, -0.05) is 6.92 Å². The third-order valence-corrected chi connectivity index (χ3v) is 4.17. The van der Waals surface area contributed by atoms with Crippen LogP contribution >= 0.6 is 0 Å². The Morgan fingerprint density at radius 1 is 1.62 bits per heavy atom. The van der Waals surface area contributed by atoms with E-state index in [0.717, 1.165) is 0 Å². The van der Waals surface area contributed by atoms with Gasteiger partial charge in [0.05, 0.1) is 17.0 Å². The van der Waals surface area contributed by atoms with E-state index in [4.69, 9.17) is 0 Å². The first-order valence-corrected chi connectivity index (χ1v) is 6.46. The van der Waals surface area contributed by atoms with Crippen molar-refractivity contribution in [2.75, 3.05) is 0 Å². The molecule has 0 aliphatic rings. The molecule has 1 aromatic rings. The molecule has 0 saturated heterocycles. The monoisotopic (exact) mass is 245 g/mol. The number of carbonyl (C=O) groups is 1. The van der Waals surface area contributed by atoms with Crippen LogP contribution in [0.1, 0.15) is 30.6 Å². The summed E-state index contributed by atoms with van der Waals surface area (Å²) in [6.45, 7) is 3.30. The number of hydrogen-bond donors (Lipinski definition) is 1. The lowest BCUT2D eigenvalue weighted by Crippen LogP contribution is -2.36. The van der Waals surface area contributed by atoms with Crippen LogP contribution in [0.2, 0.25) is 0 Å². The largest absolute Gasteiger partial charge is 0.275 e. The molecule has 1 N–H and O–H groups in total. The molecule has 1 atom stereocenters. The molecule has 90 valence electrons. The van der Waals surface area contributed by atoms with E-state index in [-0.39, 0.29) is 5.56 Å². The highest BCUT2D eigenvalue weighted by Crippen LogP contribution is 2.04. The molecule has 0 spiro atoms. The van der Waals surface area contributed by atoms with Gasteiger partial charge in [0.2, 0.25) is 10.0 Å². The van der Waals surface area contributed by atoms with Crippen molar-refractivity contribution in [1.29, 1.82) is 0 Å². The first kappa shape index (κ1) is 12.7. The fraction of sp³-hybridized carbons (Fsp3) is 0.556. The summed E-state index contributed by atoms with van der Waals surface area (Å²) in [5.74, 6) is -0.645. The SMILES string of the molecule is CC[C@@H](C)S(=O)(=O)NC(=O)c1cnn(C)c1. The van der Waals surface area contributed by atoms with E-state index in [2.05, 4.69) is 5.10 Å². The van der Waals surface area contributed by atoms with Crippen LogP contribution in [-0.2, 0) is 17.1 Å². The lowest BCUT2D eigenvalue weighted by atomic mass is 10.4. The molecule has 0 fully saturated rings. The highest BCUT2D eigenvalue weighted by Gasteiger charge is 2.22. The van der Waals surface area contributed by atoms with Crippen molar-refractivity contribution in [2.24, 2.45) is 7.05 Å². The number of amides is 1. The molecule has 1 amide bonds. The van der Waals surface area contributed by atoms with Crippen molar-refractivity contribution in [2.45, 2.75) is 25.5 Å². The number of hydrogen-bond acceptors (Lipinski definition) is 4. The van der Waals surface area contributed by atoms with Gasteiger partial charge >= 0.3 is 0 Å². The number of nitrogens with one attached hydrogen (secondary N) is 1. The minimum atomic E-state index is -3.59. The lowest BCUT2D eigenvalue weighted by Gasteiger charge is -2.10. The van der Waals surface area contributed by atoms with Gasteiger partial charge in [-0.15, -0.1) is 0 Å². The van der Waals surface area contributed by atoms with Gasteiger partial charge in [0.1, 0.15) is 0 Å². The van der Waals surface area contributed by atoms with Gasteiger partial charge in [0.25, 0.3) is 5.91 Å². The van der Waals surface area contributed by atoms with Crippen LogP contribution in [-0.4, -0.2) is 29.4 Å². The third kappa shape index (κ3) is 2.82. The van der Waals surface area contributed by atoms with Gasteiger partial charge in [0.15, 0.2) is 0 Å². The zero-order valence-electron chi connectivity index (χ0n) is 9.47. The Hall–Kier alpha value is -1.37. The summed E-state index contributed by atoms with van der Waals surface area (Å²) in [7, 11) is -1.93. The Kier molecular flexibility index (Phi) is 3.69. The summed E-state index contributed by atoms with van der Waals surface area (Å²) in [6.07, 6.45) is 3.23. The Morgan fingerprint density at radius 3 is 2.69 bits per heavy atom. The van der Waals surface area contributed by atoms with Crippen LogP contribution in [0.4, 0.5) is 0 Å². The number of rotatable bonds is 4. The van der Waals surface area contributed by atoms with E-state index >= 15 is 0 Å². The zero-order valence-corrected chi connectivity index (χ0v) is 10.3. The second-order valence-electron chi connectivity index (χ2n) is 3.60. The van der Waals surface area contributed by atoms with E-state index in [1.165, 1.54) is 17.1 Å². The molecule has 6 nitrogen and oxygen atoms in total. The van der Waals surface area contributed by atoms with Crippen molar-refractivity contribution in [3.63, 3.8) is 0 Å². The van der Waals surface area contributed by atoms with Gasteiger partial charge in [-0.05, 0) is 13.3 Å². The van der Waals surface area contributed by atoms with Gasteiger partial charge in [0, 0.05) is 13.2 Å². The van der Waals surface area contributed by atoms with E-state index in [9.17, 15) is 13.2 Å². The van der Waals surface area contributed by atoms with Crippen LogP contribution in [0.15, 0.2) is 12.4 Å². The molecular formula is C9H15N3O3S. The minimum Gasteiger partial charge on any atom is -0.275 e. The Balaban J connectivity index is 2.79. The minimum absolute atomic E-state index is 0.231. The molecule has 0 aromatic carbocycles. The second-order valence-corrected chi connectivity index (χ2v) is 5.70. The molecule has 0 radical (unpaired) electrons. The quantitative estimate of drug-likeness (QED) is 0.826. The number of carbonyl (C=O) groups excluding carboxylic acids is 1. The first-order chi connectivity index (χ1) is 7.36. The first-order valence-electron chi connectivity index (χ1n) is 4.91. The van der Waals surface area contributed by atoms with Gasteiger partial charge in [-0.2, -0.15) is 5.10 Å². The van der Waals surface area contributed by atoms with Crippen LogP contribution in [0.3, 0.4) is 0 Å². The standard InChI is InChI=1S/C9H15N3O3S/c1-4-7(2)16(14,15)11-9(13)8-5-10-12(3)6-8/h5-7H,4H2,1-3H3,(H,11,13)/t7-/m1/s1. The Labute approximate surface area is 94.7 Å². The van der Waals surface area contributed by atoms with E-state index in [0.29, 0.717) is 6.42 Å². The van der Waals surface area contributed by atoms with Gasteiger partial charge < -0.3 is 0 Å². The predicted molar refractivity (Wildman–Crippen MR) is 59.3 cm³/mol. The molecule has 0 bridgehead atoms. The summed E-state index contributed by atoms with van der Waals surface area (Å²) < 4.78 is 26.6. The van der Waals surface area contributed by atoms with Crippen LogP contribution in [0.5, 0.6) is 0 Å². The number of aryl methyl sites for hydroxylation is 1. The molecule has 0 aliphatic heterocycles. The Bertz CT molecular complexity index is 478. The maximum Gasteiger partial charge on any atom is 0.267 e. The van der Waals surface area contributed by atoms with E-state index in [1.54, 1.807) is 20.9 Å². The predicted octanol–water partition coefficient (Wildman–Crippen LogP) is 0.278. The average molecular weight is 245 g/mol. The summed E-state index contributed by atoms with van der Waals surface area (Å²) in [5.41, 5.74) is 0.231. The fourth-order valence-corrected chi connectivity index (χ4v) is 2.06. The normalized spacial score (nSPS) is 13.4. The topological polar surface area (TPSA) is 81.1 Å². The Morgan fingerprint density at radius 2 is 2.25 bits per heavy atom. The average Bonchev–Trinajstić information content (AvgIpc) is 2.63. The van der Waals surface area contributed by atoms with Crippen LogP contribution in [0, 0.1) is 0 Å². The van der Waals surface area contributed by atoms with Gasteiger partial charge in [-0.3, -0.25) is 9.48 Å². The number of nitrogens with zero attached hydrogens (tertiary/aromatic N) is 2. The second kappa shape index (κ2) is 4.65. The molecule has 0 saturated carbocycles. The highest BCUT2D eigenvalue weighted by atomic mass is 32.2. The molecule has 7 heteroatoms. The van der Waals surface area contributed by atoms with Crippen molar-refractivity contribution in [3.05, 3.63) is 18.0 Å². The summed E-state index contributed by atoms with van der Waals surface area (Å²) in [4.78, 5) is 11.6. The summed E-state index contributed by atoms with van der Waals surface area (Å²) >= 11 is 0. The molecule has 1 aromatic heterocycles. The van der Waals surface area contributed by atoms with Crippen molar-refractivity contribution in [1.82, 2.24) is 14.5 Å². The van der Waals surface area contributed by atoms with Crippen LogP contribution < -0.4 is 4.72 Å². The van der Waals surface area contributed by atoms with Crippen molar-refractivity contribution < 1.29 is 13.2 Å². The molecule has 1 heterocycles. The van der Waals surface area contributed by atoms with E-state index in [1.807, 2.05) is 4.72 Å². The molecule has 0 unspecified atom stereocenters. The van der Waals surface area contributed by atoms with Crippen molar-refractivity contribution >= 4 is 15.9 Å². The van der Waals surface area contributed by atoms with Crippen molar-refractivity contribution in [3.8, 4) is 0 Å². The number of aromatic nitrogens is 2.